The van der Waals surface area contributed by atoms with Crippen LogP contribution in [-0.4, -0.2) is 17.7 Å². The van der Waals surface area contributed by atoms with Gasteiger partial charge in [-0.05, 0) is 37.8 Å². The van der Waals surface area contributed by atoms with Crippen molar-refractivity contribution >= 4 is 0 Å². The van der Waals surface area contributed by atoms with Crippen LogP contribution in [0.1, 0.15) is 37.4 Å². The third kappa shape index (κ3) is 2.77. The first kappa shape index (κ1) is 11.5. The van der Waals surface area contributed by atoms with Crippen LogP contribution >= 0.6 is 0 Å². The van der Waals surface area contributed by atoms with Gasteiger partial charge in [-0.25, -0.2) is 4.39 Å². The first-order valence-corrected chi connectivity index (χ1v) is 5.75. The van der Waals surface area contributed by atoms with Crippen molar-refractivity contribution in [3.8, 4) is 0 Å². The Hall–Kier alpha value is -1.00. The SMILES string of the molecule is NC(CCC1CCCO1)c1ncccc1F. The summed E-state index contributed by atoms with van der Waals surface area (Å²) in [4.78, 5) is 3.98. The summed E-state index contributed by atoms with van der Waals surface area (Å²) in [5.41, 5.74) is 6.28. The lowest BCUT2D eigenvalue weighted by Gasteiger charge is -2.14. The quantitative estimate of drug-likeness (QED) is 0.852. The number of nitrogens with zero attached hydrogens (tertiary/aromatic N) is 1. The van der Waals surface area contributed by atoms with E-state index in [0.29, 0.717) is 11.8 Å². The van der Waals surface area contributed by atoms with Crippen molar-refractivity contribution in [2.45, 2.75) is 37.8 Å². The number of ether oxygens (including phenoxy) is 1. The van der Waals surface area contributed by atoms with E-state index < -0.39 is 0 Å². The Labute approximate surface area is 94.8 Å². The highest BCUT2D eigenvalue weighted by atomic mass is 19.1. The zero-order chi connectivity index (χ0) is 11.4. The molecular formula is C12H17FN2O. The molecule has 1 aromatic heterocycles. The second-order valence-corrected chi connectivity index (χ2v) is 4.19. The maximum atomic E-state index is 13.4. The van der Waals surface area contributed by atoms with Gasteiger partial charge in [0, 0.05) is 12.8 Å². The Morgan fingerprint density at radius 3 is 3.19 bits per heavy atom. The molecule has 0 saturated carbocycles. The van der Waals surface area contributed by atoms with Crippen LogP contribution in [0.2, 0.25) is 0 Å². The molecular weight excluding hydrogens is 207 g/mol. The second kappa shape index (κ2) is 5.37. The number of nitrogens with two attached hydrogens (primary N) is 1. The largest absolute Gasteiger partial charge is 0.378 e. The number of pyridine rings is 1. The first-order chi connectivity index (χ1) is 7.77. The van der Waals surface area contributed by atoms with Crippen molar-refractivity contribution in [2.24, 2.45) is 5.73 Å². The van der Waals surface area contributed by atoms with Crippen LogP contribution in [0.25, 0.3) is 0 Å². The van der Waals surface area contributed by atoms with E-state index in [1.165, 1.54) is 6.07 Å². The Morgan fingerprint density at radius 2 is 2.50 bits per heavy atom. The molecule has 0 amide bonds. The highest BCUT2D eigenvalue weighted by Crippen LogP contribution is 2.22. The predicted molar refractivity (Wildman–Crippen MR) is 59.3 cm³/mol. The summed E-state index contributed by atoms with van der Waals surface area (Å²) in [5.74, 6) is -0.317. The van der Waals surface area contributed by atoms with Crippen molar-refractivity contribution in [3.63, 3.8) is 0 Å². The van der Waals surface area contributed by atoms with Gasteiger partial charge in [-0.3, -0.25) is 4.98 Å². The molecule has 0 bridgehead atoms. The van der Waals surface area contributed by atoms with Crippen LogP contribution in [0.3, 0.4) is 0 Å². The minimum absolute atomic E-state index is 0.304. The van der Waals surface area contributed by atoms with Crippen LogP contribution in [-0.2, 0) is 4.74 Å². The zero-order valence-electron chi connectivity index (χ0n) is 9.23. The summed E-state index contributed by atoms with van der Waals surface area (Å²) in [7, 11) is 0. The molecule has 1 saturated heterocycles. The molecule has 4 heteroatoms. The van der Waals surface area contributed by atoms with Gasteiger partial charge < -0.3 is 10.5 Å². The smallest absolute Gasteiger partial charge is 0.146 e. The molecule has 0 aromatic carbocycles. The zero-order valence-corrected chi connectivity index (χ0v) is 9.23. The van der Waals surface area contributed by atoms with Gasteiger partial charge in [0.15, 0.2) is 0 Å². The minimum Gasteiger partial charge on any atom is -0.378 e. The average molecular weight is 224 g/mol. The van der Waals surface area contributed by atoms with Gasteiger partial charge >= 0.3 is 0 Å². The molecule has 1 aliphatic rings. The molecule has 0 radical (unpaired) electrons. The molecule has 2 atom stereocenters. The topological polar surface area (TPSA) is 48.1 Å². The van der Waals surface area contributed by atoms with Crippen molar-refractivity contribution in [2.75, 3.05) is 6.61 Å². The minimum atomic E-state index is -0.328. The third-order valence-electron chi connectivity index (χ3n) is 2.96. The lowest BCUT2D eigenvalue weighted by atomic mass is 10.0. The fourth-order valence-corrected chi connectivity index (χ4v) is 2.04. The third-order valence-corrected chi connectivity index (χ3v) is 2.96. The highest BCUT2D eigenvalue weighted by Gasteiger charge is 2.18. The fourth-order valence-electron chi connectivity index (χ4n) is 2.04. The Balaban J connectivity index is 1.87. The second-order valence-electron chi connectivity index (χ2n) is 4.19. The molecule has 2 rings (SSSR count). The van der Waals surface area contributed by atoms with Crippen molar-refractivity contribution in [1.29, 1.82) is 0 Å². The monoisotopic (exact) mass is 224 g/mol. The van der Waals surface area contributed by atoms with E-state index in [-0.39, 0.29) is 11.9 Å². The average Bonchev–Trinajstić information content (AvgIpc) is 2.79. The van der Waals surface area contributed by atoms with Gasteiger partial charge in [-0.2, -0.15) is 0 Å². The van der Waals surface area contributed by atoms with Gasteiger partial charge in [0.1, 0.15) is 5.82 Å². The molecule has 3 nitrogen and oxygen atoms in total. The fraction of sp³-hybridized carbons (Fsp3) is 0.583. The number of aromatic nitrogens is 1. The van der Waals surface area contributed by atoms with E-state index in [4.69, 9.17) is 10.5 Å². The summed E-state index contributed by atoms with van der Waals surface area (Å²) in [6, 6.07) is 2.64. The van der Waals surface area contributed by atoms with Crippen LogP contribution in [0.15, 0.2) is 18.3 Å². The molecule has 0 spiro atoms. The number of hydrogen-bond acceptors (Lipinski definition) is 3. The van der Waals surface area contributed by atoms with Crippen molar-refractivity contribution in [1.82, 2.24) is 4.98 Å². The summed E-state index contributed by atoms with van der Waals surface area (Å²) in [5, 5.41) is 0. The molecule has 0 aliphatic carbocycles. The lowest BCUT2D eigenvalue weighted by molar-refractivity contribution is 0.100. The van der Waals surface area contributed by atoms with E-state index in [2.05, 4.69) is 4.98 Å². The molecule has 88 valence electrons. The van der Waals surface area contributed by atoms with Gasteiger partial charge in [0.25, 0.3) is 0 Å². The Kier molecular flexibility index (Phi) is 3.85. The van der Waals surface area contributed by atoms with E-state index in [1.807, 2.05) is 0 Å². The molecule has 1 aliphatic heterocycles. The number of rotatable bonds is 4. The van der Waals surface area contributed by atoms with Crippen molar-refractivity contribution in [3.05, 3.63) is 29.8 Å². The molecule has 1 fully saturated rings. The van der Waals surface area contributed by atoms with Crippen LogP contribution in [0, 0.1) is 5.82 Å². The molecule has 2 N–H and O–H groups in total. The Morgan fingerprint density at radius 1 is 1.62 bits per heavy atom. The molecule has 1 aromatic rings. The number of halogens is 1. The van der Waals surface area contributed by atoms with E-state index in [1.54, 1.807) is 12.3 Å². The van der Waals surface area contributed by atoms with E-state index >= 15 is 0 Å². The molecule has 16 heavy (non-hydrogen) atoms. The van der Waals surface area contributed by atoms with Gasteiger partial charge in [-0.1, -0.05) is 0 Å². The van der Waals surface area contributed by atoms with E-state index in [0.717, 1.165) is 32.3 Å². The Bertz CT molecular complexity index is 340. The summed E-state index contributed by atoms with van der Waals surface area (Å²) in [6.07, 6.45) is 5.70. The predicted octanol–water partition coefficient (Wildman–Crippen LogP) is 2.18. The van der Waals surface area contributed by atoms with Crippen LogP contribution in [0.4, 0.5) is 4.39 Å². The summed E-state index contributed by atoms with van der Waals surface area (Å²) in [6.45, 7) is 0.845. The summed E-state index contributed by atoms with van der Waals surface area (Å²) < 4.78 is 18.9. The van der Waals surface area contributed by atoms with E-state index in [9.17, 15) is 4.39 Å². The normalized spacial score (nSPS) is 22.2. The first-order valence-electron chi connectivity index (χ1n) is 5.75. The standard InChI is InChI=1S/C12H17FN2O/c13-10-4-1-7-15-12(10)11(14)6-5-9-3-2-8-16-9/h1,4,7,9,11H,2-3,5-6,8,14H2. The maximum absolute atomic E-state index is 13.4. The molecule has 2 heterocycles. The summed E-state index contributed by atoms with van der Waals surface area (Å²) >= 11 is 0. The maximum Gasteiger partial charge on any atom is 0.146 e. The van der Waals surface area contributed by atoms with Crippen LogP contribution in [0.5, 0.6) is 0 Å². The van der Waals surface area contributed by atoms with Crippen LogP contribution < -0.4 is 5.73 Å². The van der Waals surface area contributed by atoms with Crippen molar-refractivity contribution < 1.29 is 9.13 Å². The highest BCUT2D eigenvalue weighted by molar-refractivity contribution is 5.10. The van der Waals surface area contributed by atoms with Gasteiger partial charge in [-0.15, -0.1) is 0 Å². The molecule has 2 unspecified atom stereocenters. The lowest BCUT2D eigenvalue weighted by Crippen LogP contribution is -2.16. The number of hydrogen-bond donors (Lipinski definition) is 1. The van der Waals surface area contributed by atoms with Gasteiger partial charge in [0.2, 0.25) is 0 Å². The van der Waals surface area contributed by atoms with Gasteiger partial charge in [0.05, 0.1) is 17.8 Å².